The SMILES string of the molecule is CNc1cc(NCC2(C)CCOCC2)nc(C(C)(C)C)n1. The Morgan fingerprint density at radius 1 is 1.19 bits per heavy atom. The van der Waals surface area contributed by atoms with Gasteiger partial charge in [-0.3, -0.25) is 0 Å². The van der Waals surface area contributed by atoms with E-state index >= 15 is 0 Å². The van der Waals surface area contributed by atoms with Gasteiger partial charge in [0.05, 0.1) is 0 Å². The van der Waals surface area contributed by atoms with Crippen molar-refractivity contribution in [1.82, 2.24) is 9.97 Å². The van der Waals surface area contributed by atoms with Gasteiger partial charge in [-0.05, 0) is 18.3 Å². The largest absolute Gasteiger partial charge is 0.381 e. The molecule has 0 aromatic carbocycles. The Balaban J connectivity index is 2.12. The lowest BCUT2D eigenvalue weighted by molar-refractivity contribution is 0.0299. The van der Waals surface area contributed by atoms with Gasteiger partial charge in [0, 0.05) is 38.3 Å². The van der Waals surface area contributed by atoms with Gasteiger partial charge < -0.3 is 15.4 Å². The van der Waals surface area contributed by atoms with Gasteiger partial charge in [-0.25, -0.2) is 9.97 Å². The van der Waals surface area contributed by atoms with Crippen molar-refractivity contribution in [2.45, 2.75) is 46.0 Å². The molecular weight excluding hydrogens is 264 g/mol. The minimum atomic E-state index is -0.0636. The van der Waals surface area contributed by atoms with E-state index in [9.17, 15) is 0 Å². The van der Waals surface area contributed by atoms with Crippen molar-refractivity contribution in [3.63, 3.8) is 0 Å². The van der Waals surface area contributed by atoms with E-state index in [0.717, 1.165) is 50.1 Å². The van der Waals surface area contributed by atoms with Crippen LogP contribution in [0.15, 0.2) is 6.07 Å². The molecule has 5 heteroatoms. The van der Waals surface area contributed by atoms with Crippen molar-refractivity contribution >= 4 is 11.6 Å². The lowest BCUT2D eigenvalue weighted by atomic mass is 9.82. The van der Waals surface area contributed by atoms with E-state index in [2.05, 4.69) is 48.3 Å². The number of hydrogen-bond acceptors (Lipinski definition) is 5. The molecule has 0 spiro atoms. The molecule has 1 saturated heterocycles. The first-order chi connectivity index (χ1) is 9.82. The normalized spacial score (nSPS) is 18.3. The standard InChI is InChI=1S/C16H28N4O/c1-15(2,3)14-19-12(17-5)10-13(20-14)18-11-16(4)6-8-21-9-7-16/h10H,6-9,11H2,1-5H3,(H2,17,18,19,20). The second-order valence-corrected chi connectivity index (χ2v) is 7.24. The molecule has 5 nitrogen and oxygen atoms in total. The first kappa shape index (κ1) is 16.0. The maximum atomic E-state index is 5.45. The average molecular weight is 292 g/mol. The molecule has 0 atom stereocenters. The van der Waals surface area contributed by atoms with Crippen LogP contribution in [0.3, 0.4) is 0 Å². The van der Waals surface area contributed by atoms with Crippen molar-refractivity contribution in [3.8, 4) is 0 Å². The molecule has 0 amide bonds. The van der Waals surface area contributed by atoms with E-state index in [4.69, 9.17) is 4.74 Å². The maximum Gasteiger partial charge on any atom is 0.138 e. The number of aromatic nitrogens is 2. The highest BCUT2D eigenvalue weighted by Crippen LogP contribution is 2.30. The van der Waals surface area contributed by atoms with Crippen LogP contribution in [0, 0.1) is 5.41 Å². The summed E-state index contributed by atoms with van der Waals surface area (Å²) in [5.74, 6) is 2.61. The van der Waals surface area contributed by atoms with Crippen LogP contribution in [0.4, 0.5) is 11.6 Å². The third kappa shape index (κ3) is 4.30. The van der Waals surface area contributed by atoms with Gasteiger partial charge in [-0.15, -0.1) is 0 Å². The molecule has 0 radical (unpaired) electrons. The van der Waals surface area contributed by atoms with Gasteiger partial charge in [0.25, 0.3) is 0 Å². The van der Waals surface area contributed by atoms with Crippen LogP contribution in [-0.4, -0.2) is 36.8 Å². The number of ether oxygens (including phenoxy) is 1. The maximum absolute atomic E-state index is 5.45. The van der Waals surface area contributed by atoms with Gasteiger partial charge in [-0.1, -0.05) is 27.7 Å². The highest BCUT2D eigenvalue weighted by Gasteiger charge is 2.27. The zero-order valence-electron chi connectivity index (χ0n) is 13.9. The summed E-state index contributed by atoms with van der Waals surface area (Å²) in [7, 11) is 1.89. The Labute approximate surface area is 127 Å². The first-order valence-electron chi connectivity index (χ1n) is 7.71. The van der Waals surface area contributed by atoms with Crippen LogP contribution in [0.2, 0.25) is 0 Å². The molecule has 1 fully saturated rings. The van der Waals surface area contributed by atoms with E-state index in [-0.39, 0.29) is 10.8 Å². The van der Waals surface area contributed by atoms with E-state index in [1.165, 1.54) is 0 Å². The molecule has 0 saturated carbocycles. The molecule has 2 heterocycles. The topological polar surface area (TPSA) is 59.1 Å². The molecule has 1 aromatic heterocycles. The number of hydrogen-bond donors (Lipinski definition) is 2. The molecule has 118 valence electrons. The van der Waals surface area contributed by atoms with Crippen molar-refractivity contribution in [2.75, 3.05) is 37.4 Å². The molecule has 21 heavy (non-hydrogen) atoms. The summed E-state index contributed by atoms with van der Waals surface area (Å²) in [6, 6.07) is 1.97. The van der Waals surface area contributed by atoms with E-state index in [0.29, 0.717) is 0 Å². The summed E-state index contributed by atoms with van der Waals surface area (Å²) < 4.78 is 5.45. The molecule has 2 rings (SSSR count). The fraction of sp³-hybridized carbons (Fsp3) is 0.750. The van der Waals surface area contributed by atoms with Gasteiger partial charge in [0.15, 0.2) is 0 Å². The van der Waals surface area contributed by atoms with Gasteiger partial charge in [-0.2, -0.15) is 0 Å². The third-order valence-electron chi connectivity index (χ3n) is 4.05. The predicted octanol–water partition coefficient (Wildman–Crippen LogP) is 3.04. The van der Waals surface area contributed by atoms with Gasteiger partial charge in [0.1, 0.15) is 17.5 Å². The second-order valence-electron chi connectivity index (χ2n) is 7.24. The number of anilines is 2. The zero-order chi connectivity index (χ0) is 15.5. The molecule has 1 aromatic rings. The molecule has 0 aliphatic carbocycles. The Bertz CT molecular complexity index is 476. The fourth-order valence-corrected chi connectivity index (χ4v) is 2.35. The van der Waals surface area contributed by atoms with Gasteiger partial charge >= 0.3 is 0 Å². The van der Waals surface area contributed by atoms with Crippen LogP contribution in [0.25, 0.3) is 0 Å². The molecule has 2 N–H and O–H groups in total. The van der Waals surface area contributed by atoms with Crippen LogP contribution in [0.1, 0.15) is 46.4 Å². The van der Waals surface area contributed by atoms with Crippen molar-refractivity contribution in [3.05, 3.63) is 11.9 Å². The average Bonchev–Trinajstić information content (AvgIpc) is 2.45. The Hall–Kier alpha value is -1.36. The molecular formula is C16H28N4O. The quantitative estimate of drug-likeness (QED) is 0.893. The van der Waals surface area contributed by atoms with Crippen LogP contribution >= 0.6 is 0 Å². The highest BCUT2D eigenvalue weighted by atomic mass is 16.5. The summed E-state index contributed by atoms with van der Waals surface area (Å²) in [6.45, 7) is 11.3. The lowest BCUT2D eigenvalue weighted by Crippen LogP contribution is -2.33. The monoisotopic (exact) mass is 292 g/mol. The number of nitrogens with one attached hydrogen (secondary N) is 2. The minimum absolute atomic E-state index is 0.0636. The van der Waals surface area contributed by atoms with Crippen LogP contribution in [0.5, 0.6) is 0 Å². The number of rotatable bonds is 4. The smallest absolute Gasteiger partial charge is 0.138 e. The zero-order valence-corrected chi connectivity index (χ0v) is 13.9. The summed E-state index contributed by atoms with van der Waals surface area (Å²) in [4.78, 5) is 9.23. The van der Waals surface area contributed by atoms with Crippen LogP contribution in [-0.2, 0) is 10.2 Å². The molecule has 1 aliphatic rings. The van der Waals surface area contributed by atoms with E-state index in [1.807, 2.05) is 13.1 Å². The Morgan fingerprint density at radius 3 is 2.38 bits per heavy atom. The Morgan fingerprint density at radius 2 is 1.81 bits per heavy atom. The summed E-state index contributed by atoms with van der Waals surface area (Å²) in [5.41, 5.74) is 0.219. The highest BCUT2D eigenvalue weighted by molar-refractivity contribution is 5.48. The number of nitrogens with zero attached hydrogens (tertiary/aromatic N) is 2. The molecule has 0 bridgehead atoms. The van der Waals surface area contributed by atoms with E-state index in [1.54, 1.807) is 0 Å². The lowest BCUT2D eigenvalue weighted by Gasteiger charge is -2.33. The van der Waals surface area contributed by atoms with Crippen molar-refractivity contribution in [1.29, 1.82) is 0 Å². The second kappa shape index (κ2) is 6.18. The summed E-state index contributed by atoms with van der Waals surface area (Å²) in [5, 5.41) is 6.61. The summed E-state index contributed by atoms with van der Waals surface area (Å²) in [6.07, 6.45) is 2.19. The summed E-state index contributed by atoms with van der Waals surface area (Å²) >= 11 is 0. The Kier molecular flexibility index (Phi) is 4.71. The van der Waals surface area contributed by atoms with Crippen molar-refractivity contribution < 1.29 is 4.74 Å². The molecule has 0 unspecified atom stereocenters. The predicted molar refractivity (Wildman–Crippen MR) is 86.9 cm³/mol. The first-order valence-corrected chi connectivity index (χ1v) is 7.71. The van der Waals surface area contributed by atoms with Crippen molar-refractivity contribution in [2.24, 2.45) is 5.41 Å². The van der Waals surface area contributed by atoms with Crippen LogP contribution < -0.4 is 10.6 Å². The fourth-order valence-electron chi connectivity index (χ4n) is 2.35. The van der Waals surface area contributed by atoms with E-state index < -0.39 is 0 Å². The van der Waals surface area contributed by atoms with Gasteiger partial charge in [0.2, 0.25) is 0 Å². The molecule has 1 aliphatic heterocycles. The minimum Gasteiger partial charge on any atom is -0.381 e. The third-order valence-corrected chi connectivity index (χ3v) is 4.05.